The Kier molecular flexibility index (Phi) is 7.11. The molecule has 1 atom stereocenters. The summed E-state index contributed by atoms with van der Waals surface area (Å²) in [5.41, 5.74) is 2.43. The summed E-state index contributed by atoms with van der Waals surface area (Å²) in [6.07, 6.45) is 4.63. The molecule has 0 saturated carbocycles. The molecule has 1 unspecified atom stereocenters. The summed E-state index contributed by atoms with van der Waals surface area (Å²) in [7, 11) is 1.47. The second kappa shape index (κ2) is 9.08. The van der Waals surface area contributed by atoms with E-state index < -0.39 is 0 Å². The number of hydrogen-bond acceptors (Lipinski definition) is 5. The smallest absolute Gasteiger partial charge is 0.409 e. The van der Waals surface area contributed by atoms with Gasteiger partial charge in [0.2, 0.25) is 5.91 Å². The summed E-state index contributed by atoms with van der Waals surface area (Å²) < 4.78 is 5.10. The molecule has 1 N–H and O–H groups in total. The van der Waals surface area contributed by atoms with Crippen LogP contribution in [0.25, 0.3) is 0 Å². The minimum absolute atomic E-state index is 0.0125. The molecule has 7 nitrogen and oxygen atoms in total. The van der Waals surface area contributed by atoms with Gasteiger partial charge in [-0.2, -0.15) is 0 Å². The number of nitrogens with zero attached hydrogens (tertiary/aromatic N) is 2. The van der Waals surface area contributed by atoms with Gasteiger partial charge in [0.05, 0.1) is 13.7 Å². The number of likely N-dealkylation sites (tertiary alicyclic amines) is 2. The van der Waals surface area contributed by atoms with Gasteiger partial charge in [-0.05, 0) is 52.1 Å². The molecule has 0 radical (unpaired) electrons. The number of hydrogen-bond donors (Lipinski definition) is 1. The van der Waals surface area contributed by atoms with Gasteiger partial charge in [-0.1, -0.05) is 0 Å². The molecule has 2 rings (SSSR count). The molecule has 0 aliphatic carbocycles. The molecule has 2 amide bonds. The second-order valence-corrected chi connectivity index (χ2v) is 6.25. The summed E-state index contributed by atoms with van der Waals surface area (Å²) in [6.45, 7) is 5.67. The molecule has 23 heavy (non-hydrogen) atoms. The van der Waals surface area contributed by atoms with E-state index in [1.54, 1.807) is 0 Å². The van der Waals surface area contributed by atoms with Crippen molar-refractivity contribution in [2.24, 2.45) is 5.92 Å². The highest BCUT2D eigenvalue weighted by atomic mass is 16.6. The molecule has 0 aromatic heterocycles. The van der Waals surface area contributed by atoms with Gasteiger partial charge in [-0.25, -0.2) is 10.3 Å². The summed E-state index contributed by atoms with van der Waals surface area (Å²) in [5, 5.41) is 0. The first-order valence-corrected chi connectivity index (χ1v) is 8.64. The van der Waals surface area contributed by atoms with E-state index in [1.165, 1.54) is 7.11 Å². The van der Waals surface area contributed by atoms with E-state index in [1.807, 2.05) is 11.8 Å². The van der Waals surface area contributed by atoms with Gasteiger partial charge in [0.25, 0.3) is 0 Å². The molecule has 0 aromatic rings. The lowest BCUT2D eigenvalue weighted by molar-refractivity contribution is -0.137. The average molecular weight is 327 g/mol. The van der Waals surface area contributed by atoms with Crippen LogP contribution in [0.15, 0.2) is 0 Å². The van der Waals surface area contributed by atoms with Crippen molar-refractivity contribution in [1.29, 1.82) is 0 Å². The second-order valence-electron chi connectivity index (χ2n) is 6.25. The van der Waals surface area contributed by atoms with Crippen LogP contribution in [0, 0.1) is 5.92 Å². The fraction of sp³-hybridized carbons (Fsp3) is 0.875. The first-order chi connectivity index (χ1) is 11.2. The number of ether oxygens (including phenoxy) is 1. The Morgan fingerprint density at radius 1 is 1.09 bits per heavy atom. The molecule has 132 valence electrons. The molecule has 0 spiro atoms. The zero-order valence-electron chi connectivity index (χ0n) is 14.3. The highest BCUT2D eigenvalue weighted by Gasteiger charge is 2.30. The van der Waals surface area contributed by atoms with E-state index in [0.717, 1.165) is 58.3 Å². The zero-order valence-corrected chi connectivity index (χ0v) is 14.3. The molecule has 0 aromatic carbocycles. The largest absolute Gasteiger partial charge is 0.450 e. The van der Waals surface area contributed by atoms with E-state index in [-0.39, 0.29) is 17.9 Å². The van der Waals surface area contributed by atoms with Gasteiger partial charge >= 0.3 is 6.09 Å². The molecule has 2 fully saturated rings. The maximum absolute atomic E-state index is 11.8. The van der Waals surface area contributed by atoms with Gasteiger partial charge in [-0.3, -0.25) is 9.63 Å². The van der Waals surface area contributed by atoms with Crippen LogP contribution >= 0.6 is 0 Å². The van der Waals surface area contributed by atoms with Crippen molar-refractivity contribution in [3.63, 3.8) is 0 Å². The van der Waals surface area contributed by atoms with Gasteiger partial charge in [0.15, 0.2) is 0 Å². The molecule has 0 bridgehead atoms. The molecular formula is C16H29N3O4. The van der Waals surface area contributed by atoms with E-state index in [2.05, 4.69) is 10.4 Å². The van der Waals surface area contributed by atoms with E-state index >= 15 is 0 Å². The van der Waals surface area contributed by atoms with Crippen molar-refractivity contribution in [2.75, 3.05) is 39.9 Å². The van der Waals surface area contributed by atoms with Crippen LogP contribution in [0.1, 0.15) is 39.0 Å². The summed E-state index contributed by atoms with van der Waals surface area (Å²) in [5.74, 6) is 0.0366. The maximum Gasteiger partial charge on any atom is 0.409 e. The third kappa shape index (κ3) is 5.07. The van der Waals surface area contributed by atoms with Crippen LogP contribution in [0.5, 0.6) is 0 Å². The van der Waals surface area contributed by atoms with Crippen LogP contribution in [0.2, 0.25) is 0 Å². The molecular weight excluding hydrogens is 298 g/mol. The fourth-order valence-corrected chi connectivity index (χ4v) is 3.55. The molecule has 2 saturated heterocycles. The van der Waals surface area contributed by atoms with Gasteiger partial charge in [0.1, 0.15) is 0 Å². The number of piperidine rings is 1. The predicted octanol–water partition coefficient (Wildman–Crippen LogP) is 1.39. The lowest BCUT2D eigenvalue weighted by Crippen LogP contribution is -2.45. The van der Waals surface area contributed by atoms with Gasteiger partial charge in [0, 0.05) is 25.0 Å². The highest BCUT2D eigenvalue weighted by Crippen LogP contribution is 2.24. The number of carbonyl (C=O) groups is 2. The van der Waals surface area contributed by atoms with E-state index in [0.29, 0.717) is 12.6 Å². The monoisotopic (exact) mass is 327 g/mol. The van der Waals surface area contributed by atoms with Crippen molar-refractivity contribution in [2.45, 2.75) is 45.1 Å². The summed E-state index contributed by atoms with van der Waals surface area (Å²) in [6, 6.07) is 0.501. The number of hydroxylamine groups is 1. The summed E-state index contributed by atoms with van der Waals surface area (Å²) >= 11 is 0. The predicted molar refractivity (Wildman–Crippen MR) is 85.7 cm³/mol. The number of amides is 2. The van der Waals surface area contributed by atoms with Gasteiger partial charge < -0.3 is 14.5 Å². The van der Waals surface area contributed by atoms with Crippen molar-refractivity contribution in [3.8, 4) is 0 Å². The lowest BCUT2D eigenvalue weighted by Gasteiger charge is -2.36. The van der Waals surface area contributed by atoms with Crippen LogP contribution in [-0.2, 0) is 14.4 Å². The lowest BCUT2D eigenvalue weighted by atomic mass is 9.94. The normalized spacial score (nSPS) is 24.1. The first-order valence-electron chi connectivity index (χ1n) is 8.64. The zero-order chi connectivity index (χ0) is 16.7. The fourth-order valence-electron chi connectivity index (χ4n) is 3.55. The van der Waals surface area contributed by atoms with E-state index in [9.17, 15) is 9.59 Å². The Bertz CT molecular complexity index is 397. The minimum Gasteiger partial charge on any atom is -0.450 e. The first kappa shape index (κ1) is 18.0. The Morgan fingerprint density at radius 3 is 2.48 bits per heavy atom. The number of nitrogens with one attached hydrogen (secondary N) is 1. The third-order valence-corrected chi connectivity index (χ3v) is 4.84. The Balaban J connectivity index is 1.78. The van der Waals surface area contributed by atoms with Crippen molar-refractivity contribution in [1.82, 2.24) is 15.3 Å². The molecule has 2 aliphatic rings. The molecule has 2 heterocycles. The van der Waals surface area contributed by atoms with Crippen molar-refractivity contribution < 1.29 is 19.2 Å². The molecule has 7 heteroatoms. The quantitative estimate of drug-likeness (QED) is 0.790. The standard InChI is InChI=1S/C16H29N3O4/c1-3-23-16(21)19-9-4-5-14(8-12-19)18-10-6-13(7-11-18)15(20)17-22-2/h13-14H,3-12H2,1-2H3,(H,17,20). The van der Waals surface area contributed by atoms with Crippen LogP contribution in [-0.4, -0.2) is 67.7 Å². The maximum atomic E-state index is 11.8. The van der Waals surface area contributed by atoms with Crippen LogP contribution in [0.4, 0.5) is 4.79 Å². The highest BCUT2D eigenvalue weighted by molar-refractivity contribution is 5.77. The van der Waals surface area contributed by atoms with E-state index in [4.69, 9.17) is 9.57 Å². The Morgan fingerprint density at radius 2 is 1.83 bits per heavy atom. The third-order valence-electron chi connectivity index (χ3n) is 4.84. The van der Waals surface area contributed by atoms with Crippen LogP contribution < -0.4 is 5.48 Å². The minimum atomic E-state index is -0.192. The topological polar surface area (TPSA) is 71.1 Å². The molecule has 2 aliphatic heterocycles. The van der Waals surface area contributed by atoms with Crippen molar-refractivity contribution >= 4 is 12.0 Å². The Labute approximate surface area is 138 Å². The number of carbonyl (C=O) groups excluding carboxylic acids is 2. The van der Waals surface area contributed by atoms with Crippen molar-refractivity contribution in [3.05, 3.63) is 0 Å². The summed E-state index contributed by atoms with van der Waals surface area (Å²) in [4.78, 5) is 32.7. The number of rotatable bonds is 4. The van der Waals surface area contributed by atoms with Crippen LogP contribution in [0.3, 0.4) is 0 Å². The SMILES string of the molecule is CCOC(=O)N1CCCC(N2CCC(C(=O)NOC)CC2)CC1. The Hall–Kier alpha value is -1.34. The van der Waals surface area contributed by atoms with Gasteiger partial charge in [-0.15, -0.1) is 0 Å². The average Bonchev–Trinajstić information content (AvgIpc) is 2.81.